The lowest BCUT2D eigenvalue weighted by molar-refractivity contribution is 0.322. The zero-order valence-electron chi connectivity index (χ0n) is 16.6. The maximum absolute atomic E-state index is 13.4. The third kappa shape index (κ3) is 3.94. The van der Waals surface area contributed by atoms with Gasteiger partial charge in [0.05, 0.1) is 4.90 Å². The summed E-state index contributed by atoms with van der Waals surface area (Å²) >= 11 is 6.90. The molecule has 5 heteroatoms. The lowest BCUT2D eigenvalue weighted by atomic mass is 9.76. The molecule has 152 valence electrons. The molecular formula is C24H26ClNO2S. The molecule has 0 saturated carbocycles. The summed E-state index contributed by atoms with van der Waals surface area (Å²) in [5, 5.41) is 0.697. The highest BCUT2D eigenvalue weighted by Gasteiger charge is 2.47. The predicted molar refractivity (Wildman–Crippen MR) is 119 cm³/mol. The summed E-state index contributed by atoms with van der Waals surface area (Å²) in [5.74, 6) is 0. The Bertz CT molecular complexity index is 1040. The van der Waals surface area contributed by atoms with E-state index in [4.69, 9.17) is 11.6 Å². The fraction of sp³-hybridized carbons (Fsp3) is 0.333. The number of nitrogens with zero attached hydrogens (tertiary/aromatic N) is 1. The highest BCUT2D eigenvalue weighted by Crippen LogP contribution is 2.49. The molecule has 0 N–H and O–H groups in total. The van der Waals surface area contributed by atoms with Gasteiger partial charge in [-0.05, 0) is 55.9 Å². The van der Waals surface area contributed by atoms with Gasteiger partial charge in [-0.3, -0.25) is 0 Å². The van der Waals surface area contributed by atoms with Crippen molar-refractivity contribution in [1.29, 1.82) is 0 Å². The highest BCUT2D eigenvalue weighted by atomic mass is 35.5. The molecule has 2 aromatic carbocycles. The molecule has 1 spiro atoms. The third-order valence-electron chi connectivity index (χ3n) is 6.11. The van der Waals surface area contributed by atoms with E-state index >= 15 is 0 Å². The first-order chi connectivity index (χ1) is 13.9. The molecule has 0 amide bonds. The molecule has 1 fully saturated rings. The normalized spacial score (nSPS) is 24.6. The van der Waals surface area contributed by atoms with Crippen molar-refractivity contribution in [3.05, 3.63) is 83.4 Å². The van der Waals surface area contributed by atoms with Crippen LogP contribution < -0.4 is 0 Å². The van der Waals surface area contributed by atoms with Crippen LogP contribution in [-0.4, -0.2) is 25.8 Å². The molecule has 1 heterocycles. The Labute approximate surface area is 178 Å². The van der Waals surface area contributed by atoms with Gasteiger partial charge in [-0.25, -0.2) is 8.42 Å². The molecule has 1 atom stereocenters. The molecule has 2 aliphatic rings. The number of hydrogen-bond donors (Lipinski definition) is 0. The third-order valence-corrected chi connectivity index (χ3v) is 8.36. The highest BCUT2D eigenvalue weighted by molar-refractivity contribution is 7.89. The molecular weight excluding hydrogens is 402 g/mol. The molecule has 4 rings (SSSR count). The summed E-state index contributed by atoms with van der Waals surface area (Å²) in [7, 11) is -3.57. The van der Waals surface area contributed by atoms with Gasteiger partial charge in [0.2, 0.25) is 10.0 Å². The minimum Gasteiger partial charge on any atom is -0.207 e. The number of sulfonamides is 1. The summed E-state index contributed by atoms with van der Waals surface area (Å²) in [6.45, 7) is 2.78. The van der Waals surface area contributed by atoms with Gasteiger partial charge >= 0.3 is 0 Å². The van der Waals surface area contributed by atoms with Crippen LogP contribution in [0.2, 0.25) is 0 Å². The van der Waals surface area contributed by atoms with E-state index in [2.05, 4.69) is 12.2 Å². The molecule has 1 aliphatic carbocycles. The van der Waals surface area contributed by atoms with E-state index in [9.17, 15) is 8.42 Å². The Morgan fingerprint density at radius 1 is 1.03 bits per heavy atom. The topological polar surface area (TPSA) is 37.4 Å². The van der Waals surface area contributed by atoms with Crippen molar-refractivity contribution in [3.8, 4) is 0 Å². The molecule has 3 nitrogen and oxygen atoms in total. The van der Waals surface area contributed by atoms with E-state index in [0.29, 0.717) is 23.0 Å². The van der Waals surface area contributed by atoms with E-state index < -0.39 is 10.0 Å². The summed E-state index contributed by atoms with van der Waals surface area (Å²) < 4.78 is 28.4. The molecule has 29 heavy (non-hydrogen) atoms. The lowest BCUT2D eigenvalue weighted by Crippen LogP contribution is -2.32. The van der Waals surface area contributed by atoms with Crippen LogP contribution in [0.25, 0.3) is 5.03 Å². The van der Waals surface area contributed by atoms with Crippen molar-refractivity contribution >= 4 is 26.7 Å². The zero-order valence-corrected chi connectivity index (χ0v) is 18.2. The van der Waals surface area contributed by atoms with Crippen LogP contribution in [0, 0.1) is 12.3 Å². The average Bonchev–Trinajstić information content (AvgIpc) is 2.94. The van der Waals surface area contributed by atoms with Gasteiger partial charge in [-0.15, -0.1) is 0 Å². The number of halogens is 1. The fourth-order valence-corrected chi connectivity index (χ4v) is 6.31. The number of allylic oxidation sites excluding steroid dienone is 2. The largest absolute Gasteiger partial charge is 0.243 e. The van der Waals surface area contributed by atoms with Crippen molar-refractivity contribution in [3.63, 3.8) is 0 Å². The van der Waals surface area contributed by atoms with Crippen LogP contribution in [0.3, 0.4) is 0 Å². The molecule has 1 saturated heterocycles. The van der Waals surface area contributed by atoms with E-state index in [1.54, 1.807) is 16.4 Å². The SMILES string of the molecule is Cc1ccc(S(=O)(=O)N2C/C(=C(\Cl)c3ccccc3)[C@]3(CC=CCCC3)C2)cc1. The second kappa shape index (κ2) is 8.10. The summed E-state index contributed by atoms with van der Waals surface area (Å²) in [6.07, 6.45) is 8.24. The quantitative estimate of drug-likeness (QED) is 0.583. The second-order valence-corrected chi connectivity index (χ2v) is 10.4. The van der Waals surface area contributed by atoms with Crippen LogP contribution in [0.1, 0.15) is 36.8 Å². The fourth-order valence-electron chi connectivity index (χ4n) is 4.43. The number of benzene rings is 2. The summed E-state index contributed by atoms with van der Waals surface area (Å²) in [4.78, 5) is 0.347. The first-order valence-electron chi connectivity index (χ1n) is 10.1. The van der Waals surface area contributed by atoms with E-state index in [1.165, 1.54) is 0 Å². The van der Waals surface area contributed by atoms with E-state index in [1.807, 2.05) is 49.4 Å². The van der Waals surface area contributed by atoms with Crippen molar-refractivity contribution in [2.75, 3.05) is 13.1 Å². The Hall–Kier alpha value is -1.88. The van der Waals surface area contributed by atoms with Crippen molar-refractivity contribution in [2.24, 2.45) is 5.41 Å². The monoisotopic (exact) mass is 427 g/mol. The number of rotatable bonds is 3. The first kappa shape index (κ1) is 20.4. The molecule has 1 aliphatic heterocycles. The molecule has 0 aromatic heterocycles. The van der Waals surface area contributed by atoms with Crippen LogP contribution in [-0.2, 0) is 10.0 Å². The van der Waals surface area contributed by atoms with E-state index in [-0.39, 0.29) is 5.41 Å². The van der Waals surface area contributed by atoms with Gasteiger partial charge in [0, 0.05) is 23.5 Å². The number of hydrogen-bond acceptors (Lipinski definition) is 2. The number of aryl methyl sites for hydroxylation is 1. The van der Waals surface area contributed by atoms with Gasteiger partial charge in [-0.2, -0.15) is 4.31 Å². The molecule has 0 unspecified atom stereocenters. The van der Waals surface area contributed by atoms with Crippen LogP contribution in [0.15, 0.2) is 77.2 Å². The predicted octanol–water partition coefficient (Wildman–Crippen LogP) is 5.77. The minimum absolute atomic E-state index is 0.238. The second-order valence-electron chi connectivity index (χ2n) is 8.09. The van der Waals surface area contributed by atoms with Gasteiger partial charge in [0.15, 0.2) is 0 Å². The smallest absolute Gasteiger partial charge is 0.207 e. The maximum atomic E-state index is 13.4. The molecule has 0 bridgehead atoms. The average molecular weight is 428 g/mol. The maximum Gasteiger partial charge on any atom is 0.243 e. The van der Waals surface area contributed by atoms with E-state index in [0.717, 1.165) is 42.4 Å². The van der Waals surface area contributed by atoms with Crippen molar-refractivity contribution < 1.29 is 8.42 Å². The summed E-state index contributed by atoms with van der Waals surface area (Å²) in [5.41, 5.74) is 2.81. The Morgan fingerprint density at radius 2 is 1.76 bits per heavy atom. The summed E-state index contributed by atoms with van der Waals surface area (Å²) in [6, 6.07) is 17.0. The Morgan fingerprint density at radius 3 is 2.48 bits per heavy atom. The molecule has 0 radical (unpaired) electrons. The molecule has 2 aromatic rings. The van der Waals surface area contributed by atoms with Crippen molar-refractivity contribution in [1.82, 2.24) is 4.31 Å². The van der Waals surface area contributed by atoms with Crippen LogP contribution >= 0.6 is 11.6 Å². The van der Waals surface area contributed by atoms with Crippen LogP contribution in [0.5, 0.6) is 0 Å². The van der Waals surface area contributed by atoms with Crippen molar-refractivity contribution in [2.45, 2.75) is 37.5 Å². The Balaban J connectivity index is 1.78. The van der Waals surface area contributed by atoms with Gasteiger partial charge in [0.25, 0.3) is 0 Å². The minimum atomic E-state index is -3.57. The van der Waals surface area contributed by atoms with Gasteiger partial charge in [-0.1, -0.05) is 71.8 Å². The first-order valence-corrected chi connectivity index (χ1v) is 11.9. The van der Waals surface area contributed by atoms with Gasteiger partial charge in [0.1, 0.15) is 0 Å². The van der Waals surface area contributed by atoms with Crippen LogP contribution in [0.4, 0.5) is 0 Å². The lowest BCUT2D eigenvalue weighted by Gasteiger charge is -2.29. The van der Waals surface area contributed by atoms with Gasteiger partial charge < -0.3 is 0 Å². The Kier molecular flexibility index (Phi) is 5.69. The zero-order chi connectivity index (χ0) is 20.5. The standard InChI is InChI=1S/C24H26ClNO2S/c1-19-11-13-21(14-12-19)29(27,28)26-17-22(23(25)20-9-5-4-6-10-20)24(18-26)15-7-2-3-8-16-24/h2,4-7,9-14H,3,8,15-18H2,1H3/b23-22+/t24-/m0/s1.